The van der Waals surface area contributed by atoms with Crippen LogP contribution in [0.5, 0.6) is 5.75 Å². The van der Waals surface area contributed by atoms with Gasteiger partial charge in [0.15, 0.2) is 6.61 Å². The smallest absolute Gasteiger partial charge is 0.258 e. The van der Waals surface area contributed by atoms with Gasteiger partial charge in [-0.2, -0.15) is 0 Å². The Bertz CT molecular complexity index is 909. The predicted molar refractivity (Wildman–Crippen MR) is 115 cm³/mol. The number of rotatable bonds is 6. The molecule has 3 amide bonds. The number of anilines is 1. The molecule has 30 heavy (non-hydrogen) atoms. The summed E-state index contributed by atoms with van der Waals surface area (Å²) < 4.78 is 5.45. The van der Waals surface area contributed by atoms with E-state index in [-0.39, 0.29) is 30.4 Å². The van der Waals surface area contributed by atoms with Gasteiger partial charge in [0, 0.05) is 42.3 Å². The quantitative estimate of drug-likeness (QED) is 0.738. The van der Waals surface area contributed by atoms with E-state index in [0.29, 0.717) is 48.0 Å². The molecule has 3 rings (SSSR count). The summed E-state index contributed by atoms with van der Waals surface area (Å²) in [6, 6.07) is 13.7. The Labute approximate surface area is 180 Å². The number of likely N-dealkylation sites (tertiary alicyclic amines) is 1. The van der Waals surface area contributed by atoms with Crippen LogP contribution in [0.4, 0.5) is 5.69 Å². The lowest BCUT2D eigenvalue weighted by atomic mass is 10.0. The first kappa shape index (κ1) is 21.6. The highest BCUT2D eigenvalue weighted by Gasteiger charge is 2.24. The van der Waals surface area contributed by atoms with Gasteiger partial charge in [-0.05, 0) is 55.3 Å². The molecule has 0 aromatic heterocycles. The van der Waals surface area contributed by atoms with E-state index in [4.69, 9.17) is 16.3 Å². The first-order chi connectivity index (χ1) is 14.4. The summed E-state index contributed by atoms with van der Waals surface area (Å²) in [6.45, 7) is 2.45. The number of carbonyl (C=O) groups is 3. The number of carbonyl (C=O) groups excluding carboxylic acids is 3. The van der Waals surface area contributed by atoms with Crippen molar-refractivity contribution >= 4 is 35.0 Å². The van der Waals surface area contributed by atoms with Crippen molar-refractivity contribution in [2.24, 2.45) is 0 Å². The second-order valence-corrected chi connectivity index (χ2v) is 7.58. The molecule has 8 heteroatoms. The Morgan fingerprint density at radius 2 is 1.80 bits per heavy atom. The first-order valence-corrected chi connectivity index (χ1v) is 10.1. The van der Waals surface area contributed by atoms with Crippen molar-refractivity contribution in [3.8, 4) is 5.75 Å². The number of hydrogen-bond acceptors (Lipinski definition) is 4. The number of nitrogens with zero attached hydrogens (tertiary/aromatic N) is 1. The van der Waals surface area contributed by atoms with Crippen LogP contribution in [-0.2, 0) is 9.59 Å². The van der Waals surface area contributed by atoms with Gasteiger partial charge in [0.05, 0.1) is 0 Å². The molecule has 0 atom stereocenters. The molecular formula is C22H24ClN3O4. The lowest BCUT2D eigenvalue weighted by molar-refractivity contribution is -0.124. The lowest BCUT2D eigenvalue weighted by Crippen LogP contribution is -2.47. The summed E-state index contributed by atoms with van der Waals surface area (Å²) in [6.07, 6.45) is 1.34. The number of halogens is 1. The van der Waals surface area contributed by atoms with Crippen LogP contribution in [0.25, 0.3) is 0 Å². The van der Waals surface area contributed by atoms with E-state index in [1.165, 1.54) is 6.92 Å². The highest BCUT2D eigenvalue weighted by Crippen LogP contribution is 2.18. The molecule has 0 spiro atoms. The summed E-state index contributed by atoms with van der Waals surface area (Å²) in [7, 11) is 0. The number of piperidine rings is 1. The third-order valence-electron chi connectivity index (χ3n) is 4.76. The molecule has 2 aromatic rings. The SMILES string of the molecule is CC(=O)Nc1cccc(C(=O)N2CCC(NC(=O)COc3ccc(Cl)cc3)CC2)c1. The minimum atomic E-state index is -0.197. The van der Waals surface area contributed by atoms with Gasteiger partial charge in [0.2, 0.25) is 5.91 Å². The van der Waals surface area contributed by atoms with E-state index >= 15 is 0 Å². The molecule has 1 aliphatic heterocycles. The first-order valence-electron chi connectivity index (χ1n) is 9.75. The van der Waals surface area contributed by atoms with Gasteiger partial charge in [-0.3, -0.25) is 14.4 Å². The molecule has 0 bridgehead atoms. The molecule has 1 aliphatic rings. The summed E-state index contributed by atoms with van der Waals surface area (Å²) in [5.74, 6) is 0.114. The Hall–Kier alpha value is -3.06. The third kappa shape index (κ3) is 6.22. The van der Waals surface area contributed by atoms with Crippen LogP contribution in [0.2, 0.25) is 5.02 Å². The highest BCUT2D eigenvalue weighted by atomic mass is 35.5. The lowest BCUT2D eigenvalue weighted by Gasteiger charge is -2.32. The number of hydrogen-bond donors (Lipinski definition) is 2. The largest absolute Gasteiger partial charge is 0.484 e. The van der Waals surface area contributed by atoms with Crippen molar-refractivity contribution in [2.45, 2.75) is 25.8 Å². The molecule has 1 heterocycles. The summed E-state index contributed by atoms with van der Waals surface area (Å²) >= 11 is 5.82. The fourth-order valence-corrected chi connectivity index (χ4v) is 3.42. The van der Waals surface area contributed by atoms with Crippen LogP contribution in [0.1, 0.15) is 30.1 Å². The van der Waals surface area contributed by atoms with E-state index in [2.05, 4.69) is 10.6 Å². The van der Waals surface area contributed by atoms with E-state index in [9.17, 15) is 14.4 Å². The van der Waals surface area contributed by atoms with Crippen molar-refractivity contribution in [1.29, 1.82) is 0 Å². The molecule has 2 aromatic carbocycles. The fraction of sp³-hybridized carbons (Fsp3) is 0.318. The fourth-order valence-electron chi connectivity index (χ4n) is 3.29. The summed E-state index contributed by atoms with van der Waals surface area (Å²) in [4.78, 5) is 37.9. The normalized spacial score (nSPS) is 14.1. The van der Waals surface area contributed by atoms with Crippen LogP contribution in [-0.4, -0.2) is 48.4 Å². The van der Waals surface area contributed by atoms with E-state index in [0.717, 1.165) is 0 Å². The zero-order valence-corrected chi connectivity index (χ0v) is 17.4. The Morgan fingerprint density at radius 1 is 1.10 bits per heavy atom. The number of amides is 3. The maximum absolute atomic E-state index is 12.7. The van der Waals surface area contributed by atoms with Gasteiger partial charge in [0.25, 0.3) is 11.8 Å². The number of benzene rings is 2. The van der Waals surface area contributed by atoms with Gasteiger partial charge < -0.3 is 20.3 Å². The average molecular weight is 430 g/mol. The third-order valence-corrected chi connectivity index (χ3v) is 5.01. The molecule has 2 N–H and O–H groups in total. The van der Waals surface area contributed by atoms with Gasteiger partial charge in [-0.1, -0.05) is 17.7 Å². The van der Waals surface area contributed by atoms with Crippen LogP contribution in [0.15, 0.2) is 48.5 Å². The molecule has 1 fully saturated rings. The van der Waals surface area contributed by atoms with Gasteiger partial charge >= 0.3 is 0 Å². The molecule has 0 unspecified atom stereocenters. The van der Waals surface area contributed by atoms with Crippen LogP contribution in [0.3, 0.4) is 0 Å². The highest BCUT2D eigenvalue weighted by molar-refractivity contribution is 6.30. The zero-order valence-electron chi connectivity index (χ0n) is 16.7. The average Bonchev–Trinajstić information content (AvgIpc) is 2.73. The van der Waals surface area contributed by atoms with Crippen LogP contribution in [0, 0.1) is 0 Å². The van der Waals surface area contributed by atoms with E-state index < -0.39 is 0 Å². The summed E-state index contributed by atoms with van der Waals surface area (Å²) in [5.41, 5.74) is 1.12. The van der Waals surface area contributed by atoms with Gasteiger partial charge in [0.1, 0.15) is 5.75 Å². The minimum Gasteiger partial charge on any atom is -0.484 e. The molecule has 0 saturated carbocycles. The second-order valence-electron chi connectivity index (χ2n) is 7.14. The Morgan fingerprint density at radius 3 is 2.47 bits per heavy atom. The maximum Gasteiger partial charge on any atom is 0.258 e. The summed E-state index contributed by atoms with van der Waals surface area (Å²) in [5, 5.41) is 6.24. The van der Waals surface area contributed by atoms with Gasteiger partial charge in [-0.25, -0.2) is 0 Å². The standard InChI is InChI=1S/C22H24ClN3O4/c1-15(27)24-19-4-2-3-16(13-19)22(29)26-11-9-18(10-12-26)25-21(28)14-30-20-7-5-17(23)6-8-20/h2-8,13,18H,9-12,14H2,1H3,(H,24,27)(H,25,28). The molecule has 7 nitrogen and oxygen atoms in total. The minimum absolute atomic E-state index is 0.00100. The van der Waals surface area contributed by atoms with Crippen molar-refractivity contribution in [3.63, 3.8) is 0 Å². The van der Waals surface area contributed by atoms with Crippen molar-refractivity contribution in [2.75, 3.05) is 25.0 Å². The Kier molecular flexibility index (Phi) is 7.30. The zero-order chi connectivity index (χ0) is 21.5. The van der Waals surface area contributed by atoms with Crippen molar-refractivity contribution in [3.05, 3.63) is 59.1 Å². The number of nitrogens with one attached hydrogen (secondary N) is 2. The monoisotopic (exact) mass is 429 g/mol. The number of ether oxygens (including phenoxy) is 1. The second kappa shape index (κ2) is 10.1. The maximum atomic E-state index is 12.7. The van der Waals surface area contributed by atoms with E-state index in [1.54, 1.807) is 53.4 Å². The molecule has 158 valence electrons. The molecule has 0 radical (unpaired) electrons. The molecular weight excluding hydrogens is 406 g/mol. The van der Waals surface area contributed by atoms with Crippen LogP contribution >= 0.6 is 11.6 Å². The Balaban J connectivity index is 1.45. The predicted octanol–water partition coefficient (Wildman–Crippen LogP) is 3.10. The molecule has 1 saturated heterocycles. The van der Waals surface area contributed by atoms with Gasteiger partial charge in [-0.15, -0.1) is 0 Å². The molecule has 0 aliphatic carbocycles. The van der Waals surface area contributed by atoms with Crippen molar-refractivity contribution in [1.82, 2.24) is 10.2 Å². The van der Waals surface area contributed by atoms with E-state index in [1.807, 2.05) is 0 Å². The van der Waals surface area contributed by atoms with Crippen molar-refractivity contribution < 1.29 is 19.1 Å². The topological polar surface area (TPSA) is 87.7 Å². The van der Waals surface area contributed by atoms with Crippen LogP contribution < -0.4 is 15.4 Å².